The molecule has 1 atom stereocenters. The molecule has 40 heavy (non-hydrogen) atoms. The van der Waals surface area contributed by atoms with Gasteiger partial charge in [-0.05, 0) is 63.7 Å². The second kappa shape index (κ2) is 11.3. The summed E-state index contributed by atoms with van der Waals surface area (Å²) >= 11 is 0. The highest BCUT2D eigenvalue weighted by molar-refractivity contribution is 6.76. The first-order chi connectivity index (χ1) is 19.0. The van der Waals surface area contributed by atoms with Gasteiger partial charge in [0.2, 0.25) is 0 Å². The highest BCUT2D eigenvalue weighted by Crippen LogP contribution is 2.34. The third-order valence-corrected chi connectivity index (χ3v) is 9.59. The Labute approximate surface area is 236 Å². The SMILES string of the molecule is Cc1nn(C)c(=O)c2ccc(C(=O)Nc3cc4c(cn3)cc([C@H]3CCCCN3C)n4COCC[Si](C)(C)C)cc12. The molecule has 10 heteroatoms. The van der Waals surface area contributed by atoms with E-state index in [1.165, 1.54) is 23.2 Å². The molecule has 1 aromatic carbocycles. The minimum atomic E-state index is -1.20. The van der Waals surface area contributed by atoms with Gasteiger partial charge in [-0.25, -0.2) is 9.67 Å². The Morgan fingerprint density at radius 2 is 1.93 bits per heavy atom. The van der Waals surface area contributed by atoms with Gasteiger partial charge in [0.1, 0.15) is 12.5 Å². The average Bonchev–Trinajstić information content (AvgIpc) is 3.26. The van der Waals surface area contributed by atoms with Gasteiger partial charge in [-0.3, -0.25) is 14.5 Å². The summed E-state index contributed by atoms with van der Waals surface area (Å²) in [6.45, 7) is 11.2. The summed E-state index contributed by atoms with van der Waals surface area (Å²) < 4.78 is 9.80. The van der Waals surface area contributed by atoms with Crippen molar-refractivity contribution in [2.45, 2.75) is 64.6 Å². The molecule has 0 saturated carbocycles. The monoisotopic (exact) mass is 560 g/mol. The van der Waals surface area contributed by atoms with Crippen molar-refractivity contribution in [1.29, 1.82) is 0 Å². The summed E-state index contributed by atoms with van der Waals surface area (Å²) in [5, 5.41) is 9.47. The molecule has 0 aliphatic carbocycles. The Morgan fingerprint density at radius 1 is 1.12 bits per heavy atom. The number of hydrogen-bond acceptors (Lipinski definition) is 6. The summed E-state index contributed by atoms with van der Waals surface area (Å²) in [6.07, 6.45) is 5.36. The number of pyridine rings is 1. The van der Waals surface area contributed by atoms with Gasteiger partial charge in [0, 0.05) is 62.1 Å². The Morgan fingerprint density at radius 3 is 2.67 bits per heavy atom. The number of benzene rings is 1. The summed E-state index contributed by atoms with van der Waals surface area (Å²) in [5.74, 6) is 0.187. The van der Waals surface area contributed by atoms with Crippen molar-refractivity contribution in [3.63, 3.8) is 0 Å². The molecule has 4 heterocycles. The first-order valence-corrected chi connectivity index (χ1v) is 17.8. The van der Waals surface area contributed by atoms with E-state index in [9.17, 15) is 9.59 Å². The van der Waals surface area contributed by atoms with Crippen LogP contribution in [0.25, 0.3) is 21.7 Å². The highest BCUT2D eigenvalue weighted by Gasteiger charge is 2.25. The molecular weight excluding hydrogens is 520 g/mol. The van der Waals surface area contributed by atoms with Crippen LogP contribution in [0.2, 0.25) is 25.7 Å². The number of piperidine rings is 1. The summed E-state index contributed by atoms with van der Waals surface area (Å²) in [7, 11) is 2.62. The molecule has 0 radical (unpaired) electrons. The number of rotatable bonds is 8. The van der Waals surface area contributed by atoms with Crippen LogP contribution in [0, 0.1) is 6.92 Å². The number of likely N-dealkylation sites (tertiary alicyclic amines) is 1. The highest BCUT2D eigenvalue weighted by atomic mass is 28.3. The zero-order valence-corrected chi connectivity index (χ0v) is 25.5. The second-order valence-electron chi connectivity index (χ2n) is 12.2. The van der Waals surface area contributed by atoms with Crippen LogP contribution >= 0.6 is 0 Å². The summed E-state index contributed by atoms with van der Waals surface area (Å²) in [4.78, 5) is 32.7. The number of anilines is 1. The van der Waals surface area contributed by atoms with Crippen molar-refractivity contribution < 1.29 is 9.53 Å². The smallest absolute Gasteiger partial charge is 0.274 e. The maximum Gasteiger partial charge on any atom is 0.274 e. The van der Waals surface area contributed by atoms with Crippen LogP contribution in [-0.4, -0.2) is 58.4 Å². The summed E-state index contributed by atoms with van der Waals surface area (Å²) in [5.41, 5.74) is 3.18. The van der Waals surface area contributed by atoms with Crippen LogP contribution in [0.3, 0.4) is 0 Å². The number of carbonyl (C=O) groups is 1. The number of hydrogen-bond donors (Lipinski definition) is 1. The van der Waals surface area contributed by atoms with Gasteiger partial charge < -0.3 is 14.6 Å². The fourth-order valence-corrected chi connectivity index (χ4v) is 6.26. The number of fused-ring (bicyclic) bond motifs is 2. The lowest BCUT2D eigenvalue weighted by Gasteiger charge is -2.33. The standard InChI is InChI=1S/C30H40N6O3Si/c1-20-24-15-21(10-11-23(24)30(38)35(3)33-20)29(37)32-28-17-26-22(18-31-28)16-27(25-9-7-8-12-34(25)2)36(26)19-39-13-14-40(4,5)6/h10-11,15-18,25H,7-9,12-14,19H2,1-6H3,(H,31,32,37)/t25-/m1/s1. The molecular formula is C30H40N6O3Si. The van der Waals surface area contributed by atoms with Gasteiger partial charge >= 0.3 is 0 Å². The Hall–Kier alpha value is -3.34. The fraction of sp³-hybridized carbons (Fsp3) is 0.467. The van der Waals surface area contributed by atoms with Gasteiger partial charge in [-0.15, -0.1) is 0 Å². The summed E-state index contributed by atoms with van der Waals surface area (Å²) in [6, 6.07) is 10.7. The molecule has 3 aromatic heterocycles. The average molecular weight is 561 g/mol. The normalized spacial score (nSPS) is 16.6. The molecule has 4 aromatic rings. The van der Waals surface area contributed by atoms with Crippen molar-refractivity contribution in [3.8, 4) is 0 Å². The topological polar surface area (TPSA) is 94.3 Å². The molecule has 0 unspecified atom stereocenters. The minimum absolute atomic E-state index is 0.188. The third-order valence-electron chi connectivity index (χ3n) is 7.88. The molecule has 1 fully saturated rings. The molecule has 0 spiro atoms. The molecule has 212 valence electrons. The lowest BCUT2D eigenvalue weighted by molar-refractivity contribution is 0.0820. The number of nitrogens with one attached hydrogen (secondary N) is 1. The first kappa shape index (κ1) is 28.2. The molecule has 9 nitrogen and oxygen atoms in total. The molecule has 0 bridgehead atoms. The Kier molecular flexibility index (Phi) is 7.94. The van der Waals surface area contributed by atoms with Gasteiger partial charge in [0.05, 0.1) is 16.6 Å². The Bertz CT molecular complexity index is 1620. The number of amides is 1. The molecule has 1 amide bonds. The third kappa shape index (κ3) is 5.89. The van der Waals surface area contributed by atoms with Crippen molar-refractivity contribution in [1.82, 2.24) is 24.2 Å². The van der Waals surface area contributed by atoms with Crippen LogP contribution < -0.4 is 10.9 Å². The van der Waals surface area contributed by atoms with E-state index in [1.807, 2.05) is 19.2 Å². The number of carbonyl (C=O) groups excluding carboxylic acids is 1. The molecule has 1 saturated heterocycles. The predicted octanol–water partition coefficient (Wildman–Crippen LogP) is 5.31. The predicted molar refractivity (Wildman–Crippen MR) is 163 cm³/mol. The zero-order valence-electron chi connectivity index (χ0n) is 24.5. The van der Waals surface area contributed by atoms with Crippen LogP contribution in [0.4, 0.5) is 5.82 Å². The van der Waals surface area contributed by atoms with Crippen LogP contribution in [-0.2, 0) is 18.5 Å². The molecule has 1 aliphatic heterocycles. The van der Waals surface area contributed by atoms with E-state index in [2.05, 4.69) is 57.6 Å². The van der Waals surface area contributed by atoms with Gasteiger partial charge in [-0.1, -0.05) is 26.1 Å². The molecule has 1 aliphatic rings. The van der Waals surface area contributed by atoms with Gasteiger partial charge in [0.25, 0.3) is 11.5 Å². The van der Waals surface area contributed by atoms with Gasteiger partial charge in [-0.2, -0.15) is 5.10 Å². The second-order valence-corrected chi connectivity index (χ2v) is 17.8. The van der Waals surface area contributed by atoms with Crippen molar-refractivity contribution in [3.05, 3.63) is 63.8 Å². The number of nitrogens with zero attached hydrogens (tertiary/aromatic N) is 5. The first-order valence-electron chi connectivity index (χ1n) is 14.1. The van der Waals surface area contributed by atoms with Crippen molar-refractivity contribution in [2.75, 3.05) is 25.5 Å². The number of ether oxygens (including phenoxy) is 1. The van der Waals surface area contributed by atoms with E-state index in [0.29, 0.717) is 40.6 Å². The Balaban J connectivity index is 1.45. The lowest BCUT2D eigenvalue weighted by atomic mass is 10.00. The maximum absolute atomic E-state index is 13.3. The van der Waals surface area contributed by atoms with Crippen LogP contribution in [0.1, 0.15) is 47.1 Å². The fourth-order valence-electron chi connectivity index (χ4n) is 5.51. The number of aromatic nitrogens is 4. The van der Waals surface area contributed by atoms with Crippen molar-refractivity contribution in [2.24, 2.45) is 7.05 Å². The van der Waals surface area contributed by atoms with Gasteiger partial charge in [0.15, 0.2) is 0 Å². The zero-order chi connectivity index (χ0) is 28.6. The van der Waals surface area contributed by atoms with E-state index < -0.39 is 8.07 Å². The van der Waals surface area contributed by atoms with Crippen LogP contribution in [0.15, 0.2) is 41.3 Å². The quantitative estimate of drug-likeness (QED) is 0.232. The molecule has 1 N–H and O–H groups in total. The van der Waals surface area contributed by atoms with E-state index in [-0.39, 0.29) is 11.5 Å². The van der Waals surface area contributed by atoms with E-state index >= 15 is 0 Å². The van der Waals surface area contributed by atoms with E-state index in [1.54, 1.807) is 25.2 Å². The van der Waals surface area contributed by atoms with E-state index in [4.69, 9.17) is 4.74 Å². The van der Waals surface area contributed by atoms with Crippen LogP contribution in [0.5, 0.6) is 0 Å². The largest absolute Gasteiger partial charge is 0.361 e. The lowest BCUT2D eigenvalue weighted by Crippen LogP contribution is -2.31. The number of aryl methyl sites for hydroxylation is 2. The van der Waals surface area contributed by atoms with E-state index in [0.717, 1.165) is 36.5 Å². The molecule has 5 rings (SSSR count). The maximum atomic E-state index is 13.3. The van der Waals surface area contributed by atoms with Crippen molar-refractivity contribution >= 4 is 41.5 Å². The minimum Gasteiger partial charge on any atom is -0.361 e.